The number of benzene rings is 2. The van der Waals surface area contributed by atoms with E-state index in [4.69, 9.17) is 0 Å². The zero-order valence-electron chi connectivity index (χ0n) is 14.5. The van der Waals surface area contributed by atoms with E-state index < -0.39 is 0 Å². The number of rotatable bonds is 4. The van der Waals surface area contributed by atoms with Gasteiger partial charge in [0.05, 0.1) is 16.7 Å². The van der Waals surface area contributed by atoms with E-state index >= 15 is 0 Å². The Bertz CT molecular complexity index is 1170. The van der Waals surface area contributed by atoms with Crippen molar-refractivity contribution in [2.24, 2.45) is 7.05 Å². The van der Waals surface area contributed by atoms with Crippen LogP contribution in [-0.2, 0) is 7.05 Å². The first kappa shape index (κ1) is 17.0. The molecule has 4 aromatic rings. The van der Waals surface area contributed by atoms with Gasteiger partial charge in [-0.05, 0) is 47.8 Å². The highest BCUT2D eigenvalue weighted by atomic mass is 32.1. The average molecular weight is 376 g/mol. The Morgan fingerprint density at radius 1 is 1.04 bits per heavy atom. The third-order valence-corrected chi connectivity index (χ3v) is 4.85. The van der Waals surface area contributed by atoms with E-state index in [-0.39, 0.29) is 17.3 Å². The van der Waals surface area contributed by atoms with Crippen LogP contribution in [0.15, 0.2) is 70.2 Å². The molecule has 0 saturated heterocycles. The number of aryl methyl sites for hydroxylation is 1. The quantitative estimate of drug-likeness (QED) is 0.565. The van der Waals surface area contributed by atoms with Crippen LogP contribution >= 0.6 is 11.3 Å². The lowest BCUT2D eigenvalue weighted by molar-refractivity contribution is 0.102. The number of aromatic nitrogens is 2. The van der Waals surface area contributed by atoms with E-state index in [1.807, 2.05) is 41.1 Å². The van der Waals surface area contributed by atoms with Gasteiger partial charge in [0.1, 0.15) is 0 Å². The molecule has 0 bridgehead atoms. The highest BCUT2D eigenvalue weighted by Crippen LogP contribution is 2.18. The second-order valence-corrected chi connectivity index (χ2v) is 6.76. The minimum atomic E-state index is -0.215. The standard InChI is InChI=1S/C20H16N4O2S/c1-24-17-5-3-2-4-16(17)23-18(20(24)26)21-14-8-6-13(7-9-14)19(25)22-15-10-11-27-12-15/h2-12H,1H3,(H,21,23)(H,22,25). The van der Waals surface area contributed by atoms with Gasteiger partial charge in [-0.1, -0.05) is 12.1 Å². The van der Waals surface area contributed by atoms with Crippen LogP contribution in [0.4, 0.5) is 17.2 Å². The lowest BCUT2D eigenvalue weighted by Gasteiger charge is -2.10. The molecule has 4 rings (SSSR count). The molecule has 1 amide bonds. The van der Waals surface area contributed by atoms with Gasteiger partial charge in [-0.3, -0.25) is 9.59 Å². The fourth-order valence-corrected chi connectivity index (χ4v) is 3.33. The largest absolute Gasteiger partial charge is 0.336 e. The van der Waals surface area contributed by atoms with Crippen LogP contribution < -0.4 is 16.2 Å². The van der Waals surface area contributed by atoms with Crippen LogP contribution in [-0.4, -0.2) is 15.5 Å². The number of para-hydroxylation sites is 2. The van der Waals surface area contributed by atoms with Crippen LogP contribution in [0.3, 0.4) is 0 Å². The molecule has 0 radical (unpaired) electrons. The lowest BCUT2D eigenvalue weighted by Crippen LogP contribution is -2.21. The lowest BCUT2D eigenvalue weighted by atomic mass is 10.2. The molecule has 2 aromatic carbocycles. The maximum Gasteiger partial charge on any atom is 0.293 e. The first-order chi connectivity index (χ1) is 13.1. The van der Waals surface area contributed by atoms with Crippen molar-refractivity contribution in [1.82, 2.24) is 9.55 Å². The molecule has 27 heavy (non-hydrogen) atoms. The smallest absolute Gasteiger partial charge is 0.293 e. The SMILES string of the molecule is Cn1c(=O)c(Nc2ccc(C(=O)Nc3ccsc3)cc2)nc2ccccc21. The molecule has 0 unspecified atom stereocenters. The number of hydrogen-bond acceptors (Lipinski definition) is 5. The molecule has 0 saturated carbocycles. The fraction of sp³-hybridized carbons (Fsp3) is 0.0500. The number of thiophene rings is 1. The Kier molecular flexibility index (Phi) is 4.43. The van der Waals surface area contributed by atoms with Crippen LogP contribution in [0, 0.1) is 0 Å². The Morgan fingerprint density at radius 3 is 2.56 bits per heavy atom. The van der Waals surface area contributed by atoms with E-state index in [9.17, 15) is 9.59 Å². The van der Waals surface area contributed by atoms with Crippen LogP contribution in [0.5, 0.6) is 0 Å². The number of nitrogens with zero attached hydrogens (tertiary/aromatic N) is 2. The molecule has 2 heterocycles. The predicted molar refractivity (Wildman–Crippen MR) is 109 cm³/mol. The van der Waals surface area contributed by atoms with Gasteiger partial charge in [0, 0.05) is 23.7 Å². The molecule has 2 aromatic heterocycles. The second kappa shape index (κ2) is 7.05. The van der Waals surface area contributed by atoms with Crippen molar-refractivity contribution in [2.75, 3.05) is 10.6 Å². The van der Waals surface area contributed by atoms with Crippen molar-refractivity contribution in [2.45, 2.75) is 0 Å². The van der Waals surface area contributed by atoms with Crippen molar-refractivity contribution in [3.63, 3.8) is 0 Å². The summed E-state index contributed by atoms with van der Waals surface area (Å²) in [7, 11) is 1.72. The number of carbonyl (C=O) groups is 1. The zero-order valence-corrected chi connectivity index (χ0v) is 15.3. The summed E-state index contributed by atoms with van der Waals surface area (Å²) in [4.78, 5) is 29.2. The number of carbonyl (C=O) groups excluding carboxylic acids is 1. The summed E-state index contributed by atoms with van der Waals surface area (Å²) in [5, 5.41) is 9.64. The number of hydrogen-bond donors (Lipinski definition) is 2. The molecule has 0 spiro atoms. The van der Waals surface area contributed by atoms with Crippen molar-refractivity contribution in [3.8, 4) is 0 Å². The van der Waals surface area contributed by atoms with Gasteiger partial charge in [-0.25, -0.2) is 4.98 Å². The van der Waals surface area contributed by atoms with E-state index in [2.05, 4.69) is 15.6 Å². The highest BCUT2D eigenvalue weighted by Gasteiger charge is 2.10. The van der Waals surface area contributed by atoms with E-state index in [1.54, 1.807) is 35.9 Å². The van der Waals surface area contributed by atoms with Gasteiger partial charge in [-0.2, -0.15) is 11.3 Å². The van der Waals surface area contributed by atoms with Gasteiger partial charge in [0.2, 0.25) is 0 Å². The molecule has 6 nitrogen and oxygen atoms in total. The van der Waals surface area contributed by atoms with Gasteiger partial charge < -0.3 is 15.2 Å². The van der Waals surface area contributed by atoms with Crippen LogP contribution in [0.25, 0.3) is 11.0 Å². The summed E-state index contributed by atoms with van der Waals surface area (Å²) in [5.74, 6) is 0.0615. The summed E-state index contributed by atoms with van der Waals surface area (Å²) >= 11 is 1.52. The monoisotopic (exact) mass is 376 g/mol. The minimum absolute atomic E-state index is 0.181. The van der Waals surface area contributed by atoms with Crippen molar-refractivity contribution < 1.29 is 4.79 Å². The Morgan fingerprint density at radius 2 is 1.81 bits per heavy atom. The van der Waals surface area contributed by atoms with Crippen LogP contribution in [0.1, 0.15) is 10.4 Å². The second-order valence-electron chi connectivity index (χ2n) is 5.98. The van der Waals surface area contributed by atoms with Gasteiger partial charge in [0.25, 0.3) is 11.5 Å². The van der Waals surface area contributed by atoms with Crippen molar-refractivity contribution in [1.29, 1.82) is 0 Å². The summed E-state index contributed by atoms with van der Waals surface area (Å²) in [5.41, 5.74) is 3.28. The van der Waals surface area contributed by atoms with Crippen molar-refractivity contribution in [3.05, 3.63) is 81.3 Å². The third-order valence-electron chi connectivity index (χ3n) is 4.17. The van der Waals surface area contributed by atoms with Gasteiger partial charge in [-0.15, -0.1) is 0 Å². The molecule has 0 atom stereocenters. The first-order valence-electron chi connectivity index (χ1n) is 8.28. The molecular weight excluding hydrogens is 360 g/mol. The molecule has 134 valence electrons. The Hall–Kier alpha value is -3.45. The molecular formula is C20H16N4O2S. The predicted octanol–water partition coefficient (Wildman–Crippen LogP) is 3.99. The maximum atomic E-state index is 12.5. The Labute approximate surface area is 159 Å². The molecule has 0 aliphatic heterocycles. The molecule has 0 aliphatic rings. The zero-order chi connectivity index (χ0) is 18.8. The number of amides is 1. The van der Waals surface area contributed by atoms with Crippen molar-refractivity contribution >= 4 is 45.5 Å². The molecule has 2 N–H and O–H groups in total. The van der Waals surface area contributed by atoms with E-state index in [0.29, 0.717) is 11.3 Å². The topological polar surface area (TPSA) is 76.0 Å². The molecule has 0 fully saturated rings. The summed E-state index contributed by atoms with van der Waals surface area (Å²) in [6, 6.07) is 16.2. The summed E-state index contributed by atoms with van der Waals surface area (Å²) < 4.78 is 1.56. The third kappa shape index (κ3) is 3.45. The normalized spacial score (nSPS) is 10.7. The number of fused-ring (bicyclic) bond motifs is 1. The highest BCUT2D eigenvalue weighted by molar-refractivity contribution is 7.08. The number of nitrogens with one attached hydrogen (secondary N) is 2. The summed E-state index contributed by atoms with van der Waals surface area (Å²) in [6.45, 7) is 0. The minimum Gasteiger partial charge on any atom is -0.336 e. The average Bonchev–Trinajstić information content (AvgIpc) is 3.19. The molecule has 0 aliphatic carbocycles. The summed E-state index contributed by atoms with van der Waals surface area (Å²) in [6.07, 6.45) is 0. The fourth-order valence-electron chi connectivity index (χ4n) is 2.74. The number of anilines is 3. The van der Waals surface area contributed by atoms with Crippen LogP contribution in [0.2, 0.25) is 0 Å². The Balaban J connectivity index is 1.57. The van der Waals surface area contributed by atoms with Gasteiger partial charge >= 0.3 is 0 Å². The molecule has 7 heteroatoms. The van der Waals surface area contributed by atoms with E-state index in [0.717, 1.165) is 16.7 Å². The first-order valence-corrected chi connectivity index (χ1v) is 9.22. The maximum absolute atomic E-state index is 12.5. The van der Waals surface area contributed by atoms with E-state index in [1.165, 1.54) is 11.3 Å². The van der Waals surface area contributed by atoms with Gasteiger partial charge in [0.15, 0.2) is 5.82 Å².